The molecular weight excluding hydrogens is 222 g/mol. The predicted molar refractivity (Wildman–Crippen MR) is 78.0 cm³/mol. The Morgan fingerprint density at radius 1 is 1.06 bits per heavy atom. The van der Waals surface area contributed by atoms with Gasteiger partial charge in [-0.1, -0.05) is 6.92 Å². The van der Waals surface area contributed by atoms with Gasteiger partial charge >= 0.3 is 0 Å². The lowest BCUT2D eigenvalue weighted by Gasteiger charge is -2.35. The Balaban J connectivity index is 1.73. The zero-order valence-electron chi connectivity index (χ0n) is 12.3. The lowest BCUT2D eigenvalue weighted by atomic mass is 9.96. The van der Waals surface area contributed by atoms with E-state index in [1.807, 2.05) is 0 Å². The summed E-state index contributed by atoms with van der Waals surface area (Å²) in [6.45, 7) is 10.1. The van der Waals surface area contributed by atoms with Gasteiger partial charge in [0.05, 0.1) is 0 Å². The standard InChI is InChI=1S/C15H31N3/c1-3-15-7-12-18(9-4-8-16-15)13-14-5-10-17(2)11-6-14/h14-16H,3-13H2,1-2H3. The van der Waals surface area contributed by atoms with Crippen LogP contribution in [0.5, 0.6) is 0 Å². The van der Waals surface area contributed by atoms with E-state index in [4.69, 9.17) is 0 Å². The van der Waals surface area contributed by atoms with Crippen LogP contribution in [0.25, 0.3) is 0 Å². The fourth-order valence-corrected chi connectivity index (χ4v) is 3.30. The normalized spacial score (nSPS) is 30.0. The molecule has 2 aliphatic rings. The third kappa shape index (κ3) is 4.52. The second kappa shape index (κ2) is 7.46. The first-order chi connectivity index (χ1) is 8.78. The molecule has 2 heterocycles. The average molecular weight is 253 g/mol. The summed E-state index contributed by atoms with van der Waals surface area (Å²) in [6.07, 6.45) is 6.75. The molecule has 2 fully saturated rings. The van der Waals surface area contributed by atoms with Crippen LogP contribution in [0.15, 0.2) is 0 Å². The van der Waals surface area contributed by atoms with Gasteiger partial charge in [-0.2, -0.15) is 0 Å². The molecule has 18 heavy (non-hydrogen) atoms. The van der Waals surface area contributed by atoms with E-state index in [0.717, 1.165) is 12.0 Å². The van der Waals surface area contributed by atoms with Crippen molar-refractivity contribution in [3.63, 3.8) is 0 Å². The maximum atomic E-state index is 3.67. The van der Waals surface area contributed by atoms with E-state index in [2.05, 4.69) is 29.1 Å². The van der Waals surface area contributed by atoms with Crippen molar-refractivity contribution < 1.29 is 0 Å². The molecule has 0 saturated carbocycles. The van der Waals surface area contributed by atoms with Crippen molar-refractivity contribution >= 4 is 0 Å². The summed E-state index contributed by atoms with van der Waals surface area (Å²) >= 11 is 0. The van der Waals surface area contributed by atoms with Gasteiger partial charge in [-0.3, -0.25) is 0 Å². The van der Waals surface area contributed by atoms with Gasteiger partial charge in [0.25, 0.3) is 0 Å². The van der Waals surface area contributed by atoms with Gasteiger partial charge < -0.3 is 15.1 Å². The molecule has 1 N–H and O–H groups in total. The number of likely N-dealkylation sites (tertiary alicyclic amines) is 1. The van der Waals surface area contributed by atoms with Crippen LogP contribution in [-0.2, 0) is 0 Å². The van der Waals surface area contributed by atoms with Crippen molar-refractivity contribution in [2.45, 2.75) is 45.1 Å². The molecule has 0 radical (unpaired) electrons. The first kappa shape index (κ1) is 14.3. The molecule has 2 saturated heterocycles. The minimum atomic E-state index is 0.755. The maximum absolute atomic E-state index is 3.67. The van der Waals surface area contributed by atoms with Crippen molar-refractivity contribution in [1.82, 2.24) is 15.1 Å². The summed E-state index contributed by atoms with van der Waals surface area (Å²) in [5.74, 6) is 0.952. The van der Waals surface area contributed by atoms with Crippen molar-refractivity contribution in [2.75, 3.05) is 46.3 Å². The summed E-state index contributed by atoms with van der Waals surface area (Å²) in [6, 6.07) is 0.755. The number of hydrogen-bond donors (Lipinski definition) is 1. The first-order valence-electron chi connectivity index (χ1n) is 7.92. The largest absolute Gasteiger partial charge is 0.314 e. The SMILES string of the molecule is CCC1CCN(CC2CCN(C)CC2)CCCN1. The lowest BCUT2D eigenvalue weighted by molar-refractivity contribution is 0.149. The Bertz CT molecular complexity index is 224. The summed E-state index contributed by atoms with van der Waals surface area (Å²) in [7, 11) is 2.25. The second-order valence-electron chi connectivity index (χ2n) is 6.25. The maximum Gasteiger partial charge on any atom is 0.00766 e. The molecule has 3 heteroatoms. The van der Waals surface area contributed by atoms with Crippen molar-refractivity contribution in [3.8, 4) is 0 Å². The zero-order chi connectivity index (χ0) is 12.8. The number of hydrogen-bond acceptors (Lipinski definition) is 3. The molecule has 106 valence electrons. The fraction of sp³-hybridized carbons (Fsp3) is 1.00. The summed E-state index contributed by atoms with van der Waals surface area (Å²) < 4.78 is 0. The van der Waals surface area contributed by atoms with Crippen LogP contribution >= 0.6 is 0 Å². The molecule has 2 aliphatic heterocycles. The van der Waals surface area contributed by atoms with E-state index >= 15 is 0 Å². The van der Waals surface area contributed by atoms with Crippen LogP contribution in [0.1, 0.15) is 39.0 Å². The summed E-state index contributed by atoms with van der Waals surface area (Å²) in [4.78, 5) is 5.21. The van der Waals surface area contributed by atoms with Gasteiger partial charge in [-0.05, 0) is 77.8 Å². The van der Waals surface area contributed by atoms with Crippen LogP contribution in [0.4, 0.5) is 0 Å². The Kier molecular flexibility index (Phi) is 5.93. The minimum Gasteiger partial charge on any atom is -0.314 e. The van der Waals surface area contributed by atoms with E-state index in [0.29, 0.717) is 0 Å². The highest BCUT2D eigenvalue weighted by molar-refractivity contribution is 4.77. The minimum absolute atomic E-state index is 0.755. The molecule has 2 rings (SSSR count). The van der Waals surface area contributed by atoms with E-state index in [9.17, 15) is 0 Å². The molecule has 1 atom stereocenters. The monoisotopic (exact) mass is 253 g/mol. The molecule has 0 aliphatic carbocycles. The molecule has 0 aromatic carbocycles. The predicted octanol–water partition coefficient (Wildman–Crippen LogP) is 1.79. The molecule has 0 amide bonds. The van der Waals surface area contributed by atoms with E-state index < -0.39 is 0 Å². The third-order valence-corrected chi connectivity index (χ3v) is 4.73. The number of nitrogens with one attached hydrogen (secondary N) is 1. The first-order valence-corrected chi connectivity index (χ1v) is 7.92. The number of piperidine rings is 1. The van der Waals surface area contributed by atoms with E-state index in [-0.39, 0.29) is 0 Å². The van der Waals surface area contributed by atoms with Gasteiger partial charge in [0.15, 0.2) is 0 Å². The van der Waals surface area contributed by atoms with Crippen molar-refractivity contribution in [2.24, 2.45) is 5.92 Å². The van der Waals surface area contributed by atoms with Crippen molar-refractivity contribution in [1.29, 1.82) is 0 Å². The number of nitrogens with zero attached hydrogens (tertiary/aromatic N) is 2. The van der Waals surface area contributed by atoms with E-state index in [1.54, 1.807) is 0 Å². The van der Waals surface area contributed by atoms with Crippen LogP contribution in [-0.4, -0.2) is 62.2 Å². The molecule has 0 bridgehead atoms. The molecule has 3 nitrogen and oxygen atoms in total. The molecule has 0 spiro atoms. The van der Waals surface area contributed by atoms with Gasteiger partial charge in [-0.25, -0.2) is 0 Å². The number of rotatable bonds is 3. The van der Waals surface area contributed by atoms with Crippen LogP contribution in [0.2, 0.25) is 0 Å². The van der Waals surface area contributed by atoms with Gasteiger partial charge in [0.1, 0.15) is 0 Å². The Morgan fingerprint density at radius 2 is 1.83 bits per heavy atom. The van der Waals surface area contributed by atoms with Crippen LogP contribution in [0, 0.1) is 5.92 Å². The van der Waals surface area contributed by atoms with Crippen molar-refractivity contribution in [3.05, 3.63) is 0 Å². The highest BCUT2D eigenvalue weighted by Crippen LogP contribution is 2.18. The smallest absolute Gasteiger partial charge is 0.00766 e. The lowest BCUT2D eigenvalue weighted by Crippen LogP contribution is -2.42. The van der Waals surface area contributed by atoms with Gasteiger partial charge in [0, 0.05) is 12.6 Å². The Morgan fingerprint density at radius 3 is 2.56 bits per heavy atom. The second-order valence-corrected chi connectivity index (χ2v) is 6.25. The topological polar surface area (TPSA) is 18.5 Å². The summed E-state index contributed by atoms with van der Waals surface area (Å²) in [5.41, 5.74) is 0. The van der Waals surface area contributed by atoms with Crippen LogP contribution < -0.4 is 5.32 Å². The highest BCUT2D eigenvalue weighted by Gasteiger charge is 2.20. The molecule has 1 unspecified atom stereocenters. The van der Waals surface area contributed by atoms with E-state index in [1.165, 1.54) is 71.4 Å². The average Bonchev–Trinajstić information content (AvgIpc) is 2.36. The quantitative estimate of drug-likeness (QED) is 0.827. The molecule has 0 aromatic heterocycles. The molecular formula is C15H31N3. The zero-order valence-corrected chi connectivity index (χ0v) is 12.3. The third-order valence-electron chi connectivity index (χ3n) is 4.73. The summed E-state index contributed by atoms with van der Waals surface area (Å²) in [5, 5.41) is 3.67. The Hall–Kier alpha value is -0.120. The Labute approximate surface area is 113 Å². The highest BCUT2D eigenvalue weighted by atomic mass is 15.1. The fourth-order valence-electron chi connectivity index (χ4n) is 3.30. The van der Waals surface area contributed by atoms with Gasteiger partial charge in [-0.15, -0.1) is 0 Å². The van der Waals surface area contributed by atoms with Crippen LogP contribution in [0.3, 0.4) is 0 Å². The molecule has 0 aromatic rings. The van der Waals surface area contributed by atoms with Gasteiger partial charge in [0.2, 0.25) is 0 Å².